The van der Waals surface area contributed by atoms with E-state index in [0.29, 0.717) is 25.7 Å². The number of nitrogens with zero attached hydrogens (tertiary/aromatic N) is 1. The van der Waals surface area contributed by atoms with E-state index in [1.807, 2.05) is 48.5 Å². The molecule has 128 valence electrons. The zero-order chi connectivity index (χ0) is 17.2. The van der Waals surface area contributed by atoms with Crippen LogP contribution in [0.25, 0.3) is 0 Å². The van der Waals surface area contributed by atoms with Gasteiger partial charge in [0.05, 0.1) is 13.7 Å². The minimum atomic E-state index is 0.519. The van der Waals surface area contributed by atoms with Gasteiger partial charge in [-0.05, 0) is 29.8 Å². The van der Waals surface area contributed by atoms with E-state index >= 15 is 0 Å². The number of rotatable bonds is 7. The molecule has 2 aromatic rings. The van der Waals surface area contributed by atoms with E-state index in [0.717, 1.165) is 22.1 Å². The minimum Gasteiger partial charge on any atom is -0.497 e. The lowest BCUT2D eigenvalue weighted by Crippen LogP contribution is -2.38. The Hall–Kier alpha value is -2.40. The first-order chi connectivity index (χ1) is 11.7. The summed E-state index contributed by atoms with van der Waals surface area (Å²) < 4.78 is 10.8. The van der Waals surface area contributed by atoms with Gasteiger partial charge in [-0.1, -0.05) is 29.8 Å². The van der Waals surface area contributed by atoms with Gasteiger partial charge >= 0.3 is 0 Å². The largest absolute Gasteiger partial charge is 0.497 e. The van der Waals surface area contributed by atoms with Gasteiger partial charge < -0.3 is 20.1 Å². The fourth-order valence-corrected chi connectivity index (χ4v) is 2.30. The van der Waals surface area contributed by atoms with Gasteiger partial charge in [0, 0.05) is 24.7 Å². The normalized spacial score (nSPS) is 11.0. The molecule has 0 saturated carbocycles. The van der Waals surface area contributed by atoms with Crippen LogP contribution in [0.15, 0.2) is 53.5 Å². The van der Waals surface area contributed by atoms with Crippen LogP contribution in [0.3, 0.4) is 0 Å². The quantitative estimate of drug-likeness (QED) is 0.459. The van der Waals surface area contributed by atoms with Gasteiger partial charge in [-0.25, -0.2) is 0 Å². The molecule has 0 aliphatic heterocycles. The molecule has 24 heavy (non-hydrogen) atoms. The zero-order valence-electron chi connectivity index (χ0n) is 13.9. The molecular weight excluding hydrogens is 326 g/mol. The number of nitrogens with one attached hydrogen (secondary N) is 2. The number of halogens is 1. The minimum absolute atomic E-state index is 0.519. The van der Waals surface area contributed by atoms with E-state index in [1.54, 1.807) is 14.2 Å². The van der Waals surface area contributed by atoms with Crippen LogP contribution in [-0.4, -0.2) is 33.3 Å². The standard InChI is InChI=1S/C18H22ClN3O2/c1-20-18(22-13-14-5-3-6-15(19)11-14)21-9-10-24-17-8-4-7-16(12-17)23-2/h3-8,11-12H,9-10,13H2,1-2H3,(H2,20,21,22). The summed E-state index contributed by atoms with van der Waals surface area (Å²) in [4.78, 5) is 4.18. The van der Waals surface area contributed by atoms with Crippen LogP contribution in [0.2, 0.25) is 5.02 Å². The lowest BCUT2D eigenvalue weighted by Gasteiger charge is -2.13. The first kappa shape index (κ1) is 17.9. The van der Waals surface area contributed by atoms with Crippen LogP contribution in [0.5, 0.6) is 11.5 Å². The highest BCUT2D eigenvalue weighted by Gasteiger charge is 2.00. The van der Waals surface area contributed by atoms with Crippen molar-refractivity contribution in [1.29, 1.82) is 0 Å². The summed E-state index contributed by atoms with van der Waals surface area (Å²) >= 11 is 5.98. The maximum atomic E-state index is 5.98. The van der Waals surface area contributed by atoms with Crippen molar-refractivity contribution < 1.29 is 9.47 Å². The summed E-state index contributed by atoms with van der Waals surface area (Å²) in [7, 11) is 3.37. The number of benzene rings is 2. The molecule has 0 aliphatic carbocycles. The molecule has 0 aromatic heterocycles. The van der Waals surface area contributed by atoms with E-state index < -0.39 is 0 Å². The average Bonchev–Trinajstić information content (AvgIpc) is 2.61. The summed E-state index contributed by atoms with van der Waals surface area (Å²) in [5.41, 5.74) is 1.10. The molecule has 0 aliphatic rings. The second kappa shape index (κ2) is 9.67. The number of hydrogen-bond acceptors (Lipinski definition) is 3. The summed E-state index contributed by atoms with van der Waals surface area (Å²) in [6.07, 6.45) is 0. The number of methoxy groups -OCH3 is 1. The van der Waals surface area contributed by atoms with Crippen molar-refractivity contribution in [2.45, 2.75) is 6.54 Å². The Labute approximate surface area is 147 Å². The number of ether oxygens (including phenoxy) is 2. The molecule has 6 heteroatoms. The highest BCUT2D eigenvalue weighted by atomic mass is 35.5. The average molecular weight is 348 g/mol. The number of hydrogen-bond donors (Lipinski definition) is 2. The molecular formula is C18H22ClN3O2. The van der Waals surface area contributed by atoms with Crippen LogP contribution in [0, 0.1) is 0 Å². The second-order valence-electron chi connectivity index (χ2n) is 5.01. The zero-order valence-corrected chi connectivity index (χ0v) is 14.6. The molecule has 0 unspecified atom stereocenters. The predicted molar refractivity (Wildman–Crippen MR) is 98.1 cm³/mol. The maximum absolute atomic E-state index is 5.98. The van der Waals surface area contributed by atoms with E-state index in [-0.39, 0.29) is 0 Å². The Morgan fingerprint density at radius 1 is 1.08 bits per heavy atom. The van der Waals surface area contributed by atoms with Crippen LogP contribution < -0.4 is 20.1 Å². The number of aliphatic imine (C=N–C) groups is 1. The molecule has 0 spiro atoms. The summed E-state index contributed by atoms with van der Waals surface area (Å²) in [6.45, 7) is 1.80. The van der Waals surface area contributed by atoms with Crippen LogP contribution in [0.4, 0.5) is 0 Å². The first-order valence-electron chi connectivity index (χ1n) is 7.67. The van der Waals surface area contributed by atoms with Crippen molar-refractivity contribution in [3.05, 3.63) is 59.1 Å². The van der Waals surface area contributed by atoms with E-state index in [9.17, 15) is 0 Å². The molecule has 2 N–H and O–H groups in total. The SMILES string of the molecule is CN=C(NCCOc1cccc(OC)c1)NCc1cccc(Cl)c1. The Morgan fingerprint density at radius 3 is 2.62 bits per heavy atom. The monoisotopic (exact) mass is 347 g/mol. The Bertz CT molecular complexity index is 677. The van der Waals surface area contributed by atoms with Crippen LogP contribution in [-0.2, 0) is 6.54 Å². The highest BCUT2D eigenvalue weighted by Crippen LogP contribution is 2.18. The molecule has 0 saturated heterocycles. The molecule has 0 bridgehead atoms. The van der Waals surface area contributed by atoms with Gasteiger partial charge in [0.25, 0.3) is 0 Å². The van der Waals surface area contributed by atoms with Gasteiger partial charge in [-0.2, -0.15) is 0 Å². The molecule has 0 fully saturated rings. The van der Waals surface area contributed by atoms with Crippen molar-refractivity contribution in [2.75, 3.05) is 27.3 Å². The van der Waals surface area contributed by atoms with E-state index in [4.69, 9.17) is 21.1 Å². The van der Waals surface area contributed by atoms with Crippen molar-refractivity contribution in [2.24, 2.45) is 4.99 Å². The molecule has 0 heterocycles. The molecule has 2 rings (SSSR count). The summed E-state index contributed by atoms with van der Waals surface area (Å²) in [5.74, 6) is 2.27. The van der Waals surface area contributed by atoms with Gasteiger partial charge in [-0.15, -0.1) is 0 Å². The topological polar surface area (TPSA) is 54.9 Å². The second-order valence-corrected chi connectivity index (χ2v) is 5.45. The summed E-state index contributed by atoms with van der Waals surface area (Å²) in [5, 5.41) is 7.16. The fourth-order valence-electron chi connectivity index (χ4n) is 2.08. The van der Waals surface area contributed by atoms with Gasteiger partial charge in [0.2, 0.25) is 0 Å². The Morgan fingerprint density at radius 2 is 1.88 bits per heavy atom. The maximum Gasteiger partial charge on any atom is 0.191 e. The van der Waals surface area contributed by atoms with Crippen molar-refractivity contribution in [3.8, 4) is 11.5 Å². The van der Waals surface area contributed by atoms with Crippen LogP contribution >= 0.6 is 11.6 Å². The van der Waals surface area contributed by atoms with Gasteiger partial charge in [0.15, 0.2) is 5.96 Å². The number of guanidine groups is 1. The van der Waals surface area contributed by atoms with Gasteiger partial charge in [-0.3, -0.25) is 4.99 Å². The smallest absolute Gasteiger partial charge is 0.191 e. The predicted octanol–water partition coefficient (Wildman–Crippen LogP) is 3.09. The molecule has 5 nitrogen and oxygen atoms in total. The Kier molecular flexibility index (Phi) is 7.23. The third kappa shape index (κ3) is 6.01. The van der Waals surface area contributed by atoms with Crippen LogP contribution in [0.1, 0.15) is 5.56 Å². The van der Waals surface area contributed by atoms with Crippen molar-refractivity contribution in [3.63, 3.8) is 0 Å². The molecule has 2 aromatic carbocycles. The third-order valence-electron chi connectivity index (χ3n) is 3.28. The molecule has 0 amide bonds. The lowest BCUT2D eigenvalue weighted by atomic mass is 10.2. The van der Waals surface area contributed by atoms with Gasteiger partial charge in [0.1, 0.15) is 18.1 Å². The summed E-state index contributed by atoms with van der Waals surface area (Å²) in [6, 6.07) is 15.2. The molecule has 0 atom stereocenters. The Balaban J connectivity index is 1.71. The first-order valence-corrected chi connectivity index (χ1v) is 8.05. The van der Waals surface area contributed by atoms with Crippen molar-refractivity contribution in [1.82, 2.24) is 10.6 Å². The third-order valence-corrected chi connectivity index (χ3v) is 3.51. The molecule has 0 radical (unpaired) electrons. The van der Waals surface area contributed by atoms with Crippen molar-refractivity contribution >= 4 is 17.6 Å². The lowest BCUT2D eigenvalue weighted by molar-refractivity contribution is 0.319. The fraction of sp³-hybridized carbons (Fsp3) is 0.278. The van der Waals surface area contributed by atoms with E-state index in [2.05, 4.69) is 15.6 Å². The van der Waals surface area contributed by atoms with E-state index in [1.165, 1.54) is 0 Å². The highest BCUT2D eigenvalue weighted by molar-refractivity contribution is 6.30.